The zero-order valence-electron chi connectivity index (χ0n) is 13.8. The highest BCUT2D eigenvalue weighted by Gasteiger charge is 2.16. The highest BCUT2D eigenvalue weighted by molar-refractivity contribution is 5.28. The topological polar surface area (TPSA) is 70.7 Å². The molecule has 0 unspecified atom stereocenters. The van der Waals surface area contributed by atoms with Crippen LogP contribution in [-0.2, 0) is 6.42 Å². The SMILES string of the molecule is CC(C)c1ccc(Cc2nnc(NC3CCCC3)[nH]c2=O)cc1. The van der Waals surface area contributed by atoms with Crippen molar-refractivity contribution in [3.8, 4) is 0 Å². The second-order valence-corrected chi connectivity index (χ2v) is 6.65. The summed E-state index contributed by atoms with van der Waals surface area (Å²) in [5, 5.41) is 11.5. The van der Waals surface area contributed by atoms with Gasteiger partial charge in [-0.05, 0) is 29.9 Å². The van der Waals surface area contributed by atoms with Gasteiger partial charge in [0.15, 0.2) is 0 Å². The van der Waals surface area contributed by atoms with Gasteiger partial charge in [-0.2, -0.15) is 0 Å². The van der Waals surface area contributed by atoms with Crippen molar-refractivity contribution in [2.75, 3.05) is 5.32 Å². The number of benzene rings is 1. The Morgan fingerprint density at radius 2 is 1.87 bits per heavy atom. The second kappa shape index (κ2) is 6.94. The van der Waals surface area contributed by atoms with Crippen molar-refractivity contribution in [2.45, 2.75) is 57.9 Å². The van der Waals surface area contributed by atoms with E-state index in [2.05, 4.69) is 58.6 Å². The largest absolute Gasteiger partial charge is 0.352 e. The number of H-pyrrole nitrogens is 1. The van der Waals surface area contributed by atoms with Crippen LogP contribution in [0.5, 0.6) is 0 Å². The minimum absolute atomic E-state index is 0.159. The van der Waals surface area contributed by atoms with Gasteiger partial charge in [-0.3, -0.25) is 9.78 Å². The first-order chi connectivity index (χ1) is 11.1. The van der Waals surface area contributed by atoms with Crippen molar-refractivity contribution in [2.24, 2.45) is 0 Å². The number of hydrogen-bond acceptors (Lipinski definition) is 4. The van der Waals surface area contributed by atoms with E-state index in [1.165, 1.54) is 18.4 Å². The molecule has 122 valence electrons. The Hall–Kier alpha value is -2.17. The van der Waals surface area contributed by atoms with Crippen LogP contribution in [0.1, 0.15) is 62.3 Å². The van der Waals surface area contributed by atoms with Crippen LogP contribution in [0.25, 0.3) is 0 Å². The van der Waals surface area contributed by atoms with Gasteiger partial charge in [-0.25, -0.2) is 0 Å². The van der Waals surface area contributed by atoms with E-state index in [-0.39, 0.29) is 5.56 Å². The lowest BCUT2D eigenvalue weighted by molar-refractivity contribution is 0.731. The van der Waals surface area contributed by atoms with Gasteiger partial charge >= 0.3 is 0 Å². The van der Waals surface area contributed by atoms with E-state index >= 15 is 0 Å². The second-order valence-electron chi connectivity index (χ2n) is 6.65. The van der Waals surface area contributed by atoms with Gasteiger partial charge in [0, 0.05) is 12.5 Å². The highest BCUT2D eigenvalue weighted by Crippen LogP contribution is 2.20. The lowest BCUT2D eigenvalue weighted by atomic mass is 10.0. The first kappa shape index (κ1) is 15.7. The van der Waals surface area contributed by atoms with E-state index in [0.29, 0.717) is 30.0 Å². The number of hydrogen-bond donors (Lipinski definition) is 2. The Morgan fingerprint density at radius 1 is 1.17 bits per heavy atom. The molecule has 1 aromatic heterocycles. The molecule has 1 saturated carbocycles. The smallest absolute Gasteiger partial charge is 0.274 e. The lowest BCUT2D eigenvalue weighted by Crippen LogP contribution is -2.23. The molecule has 3 rings (SSSR count). The normalized spacial score (nSPS) is 15.3. The van der Waals surface area contributed by atoms with Crippen LogP contribution in [-0.4, -0.2) is 21.2 Å². The van der Waals surface area contributed by atoms with Gasteiger partial charge in [0.25, 0.3) is 5.56 Å². The molecule has 5 heteroatoms. The molecular formula is C18H24N4O. The average Bonchev–Trinajstić information content (AvgIpc) is 3.03. The van der Waals surface area contributed by atoms with Crippen LogP contribution >= 0.6 is 0 Å². The van der Waals surface area contributed by atoms with Gasteiger partial charge in [0.1, 0.15) is 5.69 Å². The first-order valence-corrected chi connectivity index (χ1v) is 8.43. The van der Waals surface area contributed by atoms with Gasteiger partial charge < -0.3 is 5.32 Å². The fourth-order valence-corrected chi connectivity index (χ4v) is 3.02. The summed E-state index contributed by atoms with van der Waals surface area (Å²) in [6.45, 7) is 4.34. The molecule has 0 spiro atoms. The molecule has 0 aliphatic heterocycles. The molecule has 0 saturated heterocycles. The molecular weight excluding hydrogens is 288 g/mol. The predicted octanol–water partition coefficient (Wildman–Crippen LogP) is 3.23. The van der Waals surface area contributed by atoms with Crippen LogP contribution in [0, 0.1) is 0 Å². The third-order valence-electron chi connectivity index (χ3n) is 4.48. The molecule has 5 nitrogen and oxygen atoms in total. The van der Waals surface area contributed by atoms with Crippen molar-refractivity contribution < 1.29 is 0 Å². The molecule has 1 heterocycles. The number of rotatable bonds is 5. The Labute approximate surface area is 136 Å². The van der Waals surface area contributed by atoms with Crippen molar-refractivity contribution in [1.82, 2.24) is 15.2 Å². The minimum atomic E-state index is -0.159. The van der Waals surface area contributed by atoms with Crippen LogP contribution in [0.2, 0.25) is 0 Å². The molecule has 1 fully saturated rings. The number of aromatic nitrogens is 3. The highest BCUT2D eigenvalue weighted by atomic mass is 16.1. The van der Waals surface area contributed by atoms with E-state index in [9.17, 15) is 4.79 Å². The first-order valence-electron chi connectivity index (χ1n) is 8.43. The van der Waals surface area contributed by atoms with Crippen LogP contribution in [0.15, 0.2) is 29.1 Å². The zero-order chi connectivity index (χ0) is 16.2. The van der Waals surface area contributed by atoms with E-state index in [1.54, 1.807) is 0 Å². The molecule has 1 aliphatic carbocycles. The fraction of sp³-hybridized carbons (Fsp3) is 0.500. The Balaban J connectivity index is 1.69. The number of aromatic amines is 1. The number of anilines is 1. The predicted molar refractivity (Wildman–Crippen MR) is 91.9 cm³/mol. The number of nitrogens with zero attached hydrogens (tertiary/aromatic N) is 2. The van der Waals surface area contributed by atoms with E-state index in [4.69, 9.17) is 0 Å². The van der Waals surface area contributed by atoms with Crippen LogP contribution in [0.4, 0.5) is 5.95 Å². The van der Waals surface area contributed by atoms with Crippen molar-refractivity contribution >= 4 is 5.95 Å². The third kappa shape index (κ3) is 3.97. The van der Waals surface area contributed by atoms with E-state index < -0.39 is 0 Å². The molecule has 1 aromatic carbocycles. The maximum absolute atomic E-state index is 12.2. The van der Waals surface area contributed by atoms with E-state index in [0.717, 1.165) is 18.4 Å². The summed E-state index contributed by atoms with van der Waals surface area (Å²) in [7, 11) is 0. The zero-order valence-corrected chi connectivity index (χ0v) is 13.8. The molecule has 0 radical (unpaired) electrons. The molecule has 1 aliphatic rings. The summed E-state index contributed by atoms with van der Waals surface area (Å²) in [6, 6.07) is 8.74. The molecule has 0 amide bonds. The average molecular weight is 312 g/mol. The standard InChI is InChI=1S/C18H24N4O/c1-12(2)14-9-7-13(8-10-14)11-16-17(23)20-18(22-21-16)19-15-5-3-4-6-15/h7-10,12,15H,3-6,11H2,1-2H3,(H2,19,20,22,23). The maximum atomic E-state index is 12.2. The summed E-state index contributed by atoms with van der Waals surface area (Å²) in [5.41, 5.74) is 2.67. The van der Waals surface area contributed by atoms with Crippen LogP contribution < -0.4 is 10.9 Å². The Morgan fingerprint density at radius 3 is 2.48 bits per heavy atom. The summed E-state index contributed by atoms with van der Waals surface area (Å²) in [6.07, 6.45) is 5.24. The quantitative estimate of drug-likeness (QED) is 0.889. The minimum Gasteiger partial charge on any atom is -0.352 e. The number of nitrogens with one attached hydrogen (secondary N) is 2. The fourth-order valence-electron chi connectivity index (χ4n) is 3.02. The molecule has 23 heavy (non-hydrogen) atoms. The van der Waals surface area contributed by atoms with Crippen molar-refractivity contribution in [3.63, 3.8) is 0 Å². The van der Waals surface area contributed by atoms with Crippen molar-refractivity contribution in [3.05, 3.63) is 51.4 Å². The monoisotopic (exact) mass is 312 g/mol. The maximum Gasteiger partial charge on any atom is 0.274 e. The molecule has 2 N–H and O–H groups in total. The lowest BCUT2D eigenvalue weighted by Gasteiger charge is -2.11. The molecule has 2 aromatic rings. The third-order valence-corrected chi connectivity index (χ3v) is 4.48. The van der Waals surface area contributed by atoms with Crippen molar-refractivity contribution in [1.29, 1.82) is 0 Å². The van der Waals surface area contributed by atoms with Gasteiger partial charge in [0.05, 0.1) is 0 Å². The van der Waals surface area contributed by atoms with Gasteiger partial charge in [-0.15, -0.1) is 10.2 Å². The molecule has 0 atom stereocenters. The molecule has 0 bridgehead atoms. The van der Waals surface area contributed by atoms with Gasteiger partial charge in [-0.1, -0.05) is 51.0 Å². The Bertz CT molecular complexity index is 700. The summed E-state index contributed by atoms with van der Waals surface area (Å²) in [4.78, 5) is 15.0. The van der Waals surface area contributed by atoms with E-state index in [1.807, 2.05) is 0 Å². The van der Waals surface area contributed by atoms with Crippen LogP contribution in [0.3, 0.4) is 0 Å². The summed E-state index contributed by atoms with van der Waals surface area (Å²) in [5.74, 6) is 0.994. The Kier molecular flexibility index (Phi) is 4.74. The summed E-state index contributed by atoms with van der Waals surface area (Å²) < 4.78 is 0. The van der Waals surface area contributed by atoms with Gasteiger partial charge in [0.2, 0.25) is 5.95 Å². The summed E-state index contributed by atoms with van der Waals surface area (Å²) >= 11 is 0.